The van der Waals surface area contributed by atoms with E-state index in [-0.39, 0.29) is 5.91 Å². The van der Waals surface area contributed by atoms with E-state index in [0.29, 0.717) is 6.54 Å². The molecule has 118 valence electrons. The summed E-state index contributed by atoms with van der Waals surface area (Å²) in [6.07, 6.45) is 5.15. The molecule has 2 aromatic carbocycles. The fourth-order valence-corrected chi connectivity index (χ4v) is 3.64. The number of carbonyl (C=O) groups is 1. The van der Waals surface area contributed by atoms with Gasteiger partial charge in [-0.3, -0.25) is 4.79 Å². The van der Waals surface area contributed by atoms with Gasteiger partial charge in [0.25, 0.3) is 5.91 Å². The number of aryl methyl sites for hydroxylation is 1. The topological polar surface area (TPSA) is 38.3 Å². The van der Waals surface area contributed by atoms with Crippen LogP contribution in [0.2, 0.25) is 0 Å². The molecule has 0 bridgehead atoms. The van der Waals surface area contributed by atoms with Crippen molar-refractivity contribution in [3.8, 4) is 5.75 Å². The van der Waals surface area contributed by atoms with Crippen molar-refractivity contribution in [2.24, 2.45) is 0 Å². The molecule has 1 aliphatic carbocycles. The number of hydrogen-bond acceptors (Lipinski definition) is 2. The first kappa shape index (κ1) is 14.3. The minimum atomic E-state index is 0.0632. The largest absolute Gasteiger partial charge is 0.493 e. The van der Waals surface area contributed by atoms with E-state index in [0.717, 1.165) is 50.0 Å². The van der Waals surface area contributed by atoms with Gasteiger partial charge in [-0.25, -0.2) is 0 Å². The lowest BCUT2D eigenvalue weighted by atomic mass is 10.0. The quantitative estimate of drug-likeness (QED) is 0.942. The predicted octanol–water partition coefficient (Wildman–Crippen LogP) is 3.08. The molecule has 0 radical (unpaired) electrons. The van der Waals surface area contributed by atoms with E-state index in [4.69, 9.17) is 4.74 Å². The average Bonchev–Trinajstić information content (AvgIpc) is 3.22. The Hall–Kier alpha value is -2.29. The van der Waals surface area contributed by atoms with Gasteiger partial charge in [0.05, 0.1) is 6.61 Å². The predicted molar refractivity (Wildman–Crippen MR) is 90.1 cm³/mol. The van der Waals surface area contributed by atoms with E-state index in [1.807, 2.05) is 18.2 Å². The number of rotatable bonds is 4. The zero-order valence-corrected chi connectivity index (χ0v) is 13.2. The van der Waals surface area contributed by atoms with Crippen LogP contribution in [0.4, 0.5) is 0 Å². The normalized spacial score (nSPS) is 15.0. The molecule has 0 unspecified atom stereocenters. The van der Waals surface area contributed by atoms with Gasteiger partial charge in [0.2, 0.25) is 0 Å². The third-order valence-electron chi connectivity index (χ3n) is 4.84. The van der Waals surface area contributed by atoms with Crippen LogP contribution in [0.3, 0.4) is 0 Å². The Bertz CT molecular complexity index is 751. The Morgan fingerprint density at radius 3 is 3.00 bits per heavy atom. The monoisotopic (exact) mass is 307 g/mol. The van der Waals surface area contributed by atoms with E-state index in [1.54, 1.807) is 0 Å². The summed E-state index contributed by atoms with van der Waals surface area (Å²) in [5, 5.41) is 3.07. The standard InChI is InChI=1S/C20H21NO2/c22-20(18-6-2-4-15-3-1-5-17(15)18)21-11-9-14-7-8-19-16(13-14)10-12-23-19/h2,4,6-8,13H,1,3,5,9-12H2,(H,21,22). The van der Waals surface area contributed by atoms with Crippen LogP contribution in [0, 0.1) is 0 Å². The van der Waals surface area contributed by atoms with E-state index in [9.17, 15) is 4.79 Å². The first-order valence-corrected chi connectivity index (χ1v) is 8.45. The molecule has 0 saturated heterocycles. The van der Waals surface area contributed by atoms with Crippen molar-refractivity contribution in [2.75, 3.05) is 13.2 Å². The molecule has 0 atom stereocenters. The second kappa shape index (κ2) is 6.07. The summed E-state index contributed by atoms with van der Waals surface area (Å²) >= 11 is 0. The summed E-state index contributed by atoms with van der Waals surface area (Å²) in [6.45, 7) is 1.46. The summed E-state index contributed by atoms with van der Waals surface area (Å²) in [4.78, 5) is 12.5. The lowest BCUT2D eigenvalue weighted by Gasteiger charge is -2.10. The van der Waals surface area contributed by atoms with Crippen LogP contribution in [-0.2, 0) is 25.7 Å². The number of nitrogens with one attached hydrogen (secondary N) is 1. The van der Waals surface area contributed by atoms with Crippen LogP contribution in [0.1, 0.15) is 39.0 Å². The second-order valence-electron chi connectivity index (χ2n) is 6.34. The van der Waals surface area contributed by atoms with Crippen LogP contribution < -0.4 is 10.1 Å². The number of fused-ring (bicyclic) bond motifs is 2. The van der Waals surface area contributed by atoms with E-state index in [1.165, 1.54) is 22.3 Å². The lowest BCUT2D eigenvalue weighted by Crippen LogP contribution is -2.26. The number of amides is 1. The van der Waals surface area contributed by atoms with Crippen LogP contribution in [0.15, 0.2) is 36.4 Å². The van der Waals surface area contributed by atoms with Gasteiger partial charge in [0.1, 0.15) is 5.75 Å². The minimum Gasteiger partial charge on any atom is -0.493 e. The molecule has 0 fully saturated rings. The SMILES string of the molecule is O=C(NCCc1ccc2c(c1)CCO2)c1cccc2c1CCC2. The molecule has 1 heterocycles. The van der Waals surface area contributed by atoms with E-state index in [2.05, 4.69) is 23.5 Å². The average molecular weight is 307 g/mol. The number of ether oxygens (including phenoxy) is 1. The van der Waals surface area contributed by atoms with Gasteiger partial charge in [0, 0.05) is 18.5 Å². The zero-order chi connectivity index (χ0) is 15.6. The highest BCUT2D eigenvalue weighted by Gasteiger charge is 2.18. The summed E-state index contributed by atoms with van der Waals surface area (Å²) in [5.41, 5.74) is 6.00. The smallest absolute Gasteiger partial charge is 0.251 e. The summed E-state index contributed by atoms with van der Waals surface area (Å²) < 4.78 is 5.53. The number of hydrogen-bond donors (Lipinski definition) is 1. The van der Waals surface area contributed by atoms with Crippen molar-refractivity contribution in [1.29, 1.82) is 0 Å². The second-order valence-corrected chi connectivity index (χ2v) is 6.34. The molecule has 1 aliphatic heterocycles. The molecule has 2 aromatic rings. The van der Waals surface area contributed by atoms with Crippen LogP contribution in [0.5, 0.6) is 5.75 Å². The van der Waals surface area contributed by atoms with Crippen LogP contribution >= 0.6 is 0 Å². The first-order chi connectivity index (χ1) is 11.3. The van der Waals surface area contributed by atoms with Gasteiger partial charge in [-0.15, -0.1) is 0 Å². The highest BCUT2D eigenvalue weighted by molar-refractivity contribution is 5.96. The Balaban J connectivity index is 1.38. The van der Waals surface area contributed by atoms with Crippen molar-refractivity contribution in [1.82, 2.24) is 5.32 Å². The van der Waals surface area contributed by atoms with Gasteiger partial charge in [-0.05, 0) is 60.1 Å². The molecule has 3 nitrogen and oxygen atoms in total. The van der Waals surface area contributed by atoms with Crippen molar-refractivity contribution in [3.63, 3.8) is 0 Å². The maximum Gasteiger partial charge on any atom is 0.251 e. The molecule has 0 saturated carbocycles. The number of benzene rings is 2. The van der Waals surface area contributed by atoms with Gasteiger partial charge in [-0.1, -0.05) is 24.3 Å². The molecule has 1 amide bonds. The molecule has 23 heavy (non-hydrogen) atoms. The molecular weight excluding hydrogens is 286 g/mol. The fourth-order valence-electron chi connectivity index (χ4n) is 3.64. The Morgan fingerprint density at radius 2 is 2.04 bits per heavy atom. The zero-order valence-electron chi connectivity index (χ0n) is 13.2. The molecule has 3 heteroatoms. The highest BCUT2D eigenvalue weighted by atomic mass is 16.5. The molecular formula is C20H21NO2. The molecule has 4 rings (SSSR count). The summed E-state index contributed by atoms with van der Waals surface area (Å²) in [6, 6.07) is 12.4. The van der Waals surface area contributed by atoms with Crippen molar-refractivity contribution < 1.29 is 9.53 Å². The van der Waals surface area contributed by atoms with Gasteiger partial charge in [0.15, 0.2) is 0 Å². The summed E-state index contributed by atoms with van der Waals surface area (Å²) in [5.74, 6) is 1.07. The van der Waals surface area contributed by atoms with Gasteiger partial charge >= 0.3 is 0 Å². The van der Waals surface area contributed by atoms with Crippen LogP contribution in [0.25, 0.3) is 0 Å². The van der Waals surface area contributed by atoms with Crippen molar-refractivity contribution in [2.45, 2.75) is 32.1 Å². The highest BCUT2D eigenvalue weighted by Crippen LogP contribution is 2.26. The third-order valence-corrected chi connectivity index (χ3v) is 4.84. The molecule has 0 aromatic heterocycles. The van der Waals surface area contributed by atoms with Crippen molar-refractivity contribution >= 4 is 5.91 Å². The van der Waals surface area contributed by atoms with Crippen LogP contribution in [-0.4, -0.2) is 19.1 Å². The lowest BCUT2D eigenvalue weighted by molar-refractivity contribution is 0.0953. The van der Waals surface area contributed by atoms with Gasteiger partial charge in [-0.2, -0.15) is 0 Å². The van der Waals surface area contributed by atoms with E-state index < -0.39 is 0 Å². The fraction of sp³-hybridized carbons (Fsp3) is 0.350. The molecule has 1 N–H and O–H groups in total. The maximum atomic E-state index is 12.5. The summed E-state index contributed by atoms with van der Waals surface area (Å²) in [7, 11) is 0. The maximum absolute atomic E-state index is 12.5. The number of carbonyl (C=O) groups excluding carboxylic acids is 1. The molecule has 0 spiro atoms. The van der Waals surface area contributed by atoms with Gasteiger partial charge < -0.3 is 10.1 Å². The third kappa shape index (κ3) is 2.83. The minimum absolute atomic E-state index is 0.0632. The Morgan fingerprint density at radius 1 is 1.09 bits per heavy atom. The molecule has 2 aliphatic rings. The Kier molecular flexibility index (Phi) is 3.78. The first-order valence-electron chi connectivity index (χ1n) is 8.45. The van der Waals surface area contributed by atoms with Crippen molar-refractivity contribution in [3.05, 3.63) is 64.2 Å². The van der Waals surface area contributed by atoms with E-state index >= 15 is 0 Å². The Labute approximate surface area is 136 Å².